The fourth-order valence-electron chi connectivity index (χ4n) is 2.92. The van der Waals surface area contributed by atoms with E-state index >= 15 is 0 Å². The Hall–Kier alpha value is -1.86. The van der Waals surface area contributed by atoms with Crippen LogP contribution in [-0.4, -0.2) is 42.5 Å². The van der Waals surface area contributed by atoms with Crippen LogP contribution in [0.4, 0.5) is 0 Å². The van der Waals surface area contributed by atoms with E-state index in [1.54, 1.807) is 48.2 Å². The van der Waals surface area contributed by atoms with E-state index in [0.717, 1.165) is 19.4 Å². The minimum Gasteiger partial charge on any atom is -0.497 e. The van der Waals surface area contributed by atoms with Crippen molar-refractivity contribution in [3.8, 4) is 5.75 Å². The summed E-state index contributed by atoms with van der Waals surface area (Å²) in [7, 11) is -1.85. The van der Waals surface area contributed by atoms with E-state index in [1.165, 1.54) is 0 Å². The Bertz CT molecular complexity index is 718. The molecule has 0 unspecified atom stereocenters. The van der Waals surface area contributed by atoms with E-state index in [1.807, 2.05) is 6.20 Å². The highest BCUT2D eigenvalue weighted by molar-refractivity contribution is 7.89. The maximum absolute atomic E-state index is 12.7. The first-order valence-corrected chi connectivity index (χ1v) is 9.13. The van der Waals surface area contributed by atoms with Crippen LogP contribution in [0.5, 0.6) is 5.75 Å². The van der Waals surface area contributed by atoms with Crippen molar-refractivity contribution in [2.75, 3.05) is 20.2 Å². The molecule has 0 aliphatic carbocycles. The molecule has 23 heavy (non-hydrogen) atoms. The van der Waals surface area contributed by atoms with Crippen LogP contribution < -0.4 is 4.74 Å². The number of piperidine rings is 1. The van der Waals surface area contributed by atoms with Gasteiger partial charge in [-0.2, -0.15) is 4.31 Å². The summed E-state index contributed by atoms with van der Waals surface area (Å²) in [5, 5.41) is 0. The van der Waals surface area contributed by atoms with Gasteiger partial charge in [0, 0.05) is 32.0 Å². The fourth-order valence-corrected chi connectivity index (χ4v) is 4.39. The van der Waals surface area contributed by atoms with Gasteiger partial charge in [-0.1, -0.05) is 0 Å². The Labute approximate surface area is 136 Å². The third-order valence-corrected chi connectivity index (χ3v) is 6.21. The molecule has 1 aromatic carbocycles. The molecular formula is C16H21N3O3S. The lowest BCUT2D eigenvalue weighted by molar-refractivity contribution is 0.253. The summed E-state index contributed by atoms with van der Waals surface area (Å²) >= 11 is 0. The molecular weight excluding hydrogens is 314 g/mol. The zero-order valence-electron chi connectivity index (χ0n) is 13.1. The van der Waals surface area contributed by atoms with Crippen LogP contribution in [0.25, 0.3) is 0 Å². The van der Waals surface area contributed by atoms with Crippen molar-refractivity contribution in [1.82, 2.24) is 13.9 Å². The quantitative estimate of drug-likeness (QED) is 0.838. The zero-order valence-corrected chi connectivity index (χ0v) is 13.9. The number of hydrogen-bond acceptors (Lipinski definition) is 4. The van der Waals surface area contributed by atoms with Gasteiger partial charge in [-0.15, -0.1) is 0 Å². The Morgan fingerprint density at radius 3 is 2.48 bits per heavy atom. The van der Waals surface area contributed by atoms with Crippen molar-refractivity contribution < 1.29 is 13.2 Å². The molecule has 7 heteroatoms. The molecule has 0 spiro atoms. The lowest BCUT2D eigenvalue weighted by Gasteiger charge is -2.31. The van der Waals surface area contributed by atoms with Gasteiger partial charge in [-0.25, -0.2) is 13.4 Å². The molecule has 1 saturated heterocycles. The predicted molar refractivity (Wildman–Crippen MR) is 86.7 cm³/mol. The third-order valence-electron chi connectivity index (χ3n) is 4.30. The van der Waals surface area contributed by atoms with Crippen LogP contribution >= 0.6 is 0 Å². The van der Waals surface area contributed by atoms with E-state index in [2.05, 4.69) is 9.55 Å². The van der Waals surface area contributed by atoms with Gasteiger partial charge >= 0.3 is 0 Å². The highest BCUT2D eigenvalue weighted by Gasteiger charge is 2.29. The molecule has 1 aliphatic rings. The van der Waals surface area contributed by atoms with Gasteiger partial charge in [0.05, 0.1) is 18.3 Å². The van der Waals surface area contributed by atoms with Gasteiger partial charge < -0.3 is 9.30 Å². The van der Waals surface area contributed by atoms with Crippen LogP contribution in [0.15, 0.2) is 47.9 Å². The summed E-state index contributed by atoms with van der Waals surface area (Å²) < 4.78 is 34.1. The maximum atomic E-state index is 12.7. The molecule has 0 saturated carbocycles. The van der Waals surface area contributed by atoms with Crippen molar-refractivity contribution in [1.29, 1.82) is 0 Å². The number of nitrogens with zero attached hydrogens (tertiary/aromatic N) is 3. The summed E-state index contributed by atoms with van der Waals surface area (Å²) in [6.07, 6.45) is 7.26. The van der Waals surface area contributed by atoms with Gasteiger partial charge in [-0.3, -0.25) is 0 Å². The van der Waals surface area contributed by atoms with Crippen molar-refractivity contribution in [3.05, 3.63) is 43.0 Å². The first-order valence-electron chi connectivity index (χ1n) is 7.69. The van der Waals surface area contributed by atoms with Crippen molar-refractivity contribution in [3.63, 3.8) is 0 Å². The lowest BCUT2D eigenvalue weighted by atomic mass is 9.98. The molecule has 0 radical (unpaired) electrons. The van der Waals surface area contributed by atoms with Crippen LogP contribution in [-0.2, 0) is 16.6 Å². The number of methoxy groups -OCH3 is 1. The van der Waals surface area contributed by atoms with Gasteiger partial charge in [0.25, 0.3) is 0 Å². The largest absolute Gasteiger partial charge is 0.497 e. The molecule has 0 N–H and O–H groups in total. The van der Waals surface area contributed by atoms with E-state index in [0.29, 0.717) is 29.7 Å². The van der Waals surface area contributed by atoms with Gasteiger partial charge in [-0.05, 0) is 43.0 Å². The highest BCUT2D eigenvalue weighted by atomic mass is 32.2. The normalized spacial score (nSPS) is 17.3. The van der Waals surface area contributed by atoms with E-state index in [4.69, 9.17) is 4.74 Å². The predicted octanol–water partition coefficient (Wildman–Crippen LogP) is 1.99. The second-order valence-corrected chi connectivity index (χ2v) is 7.72. The molecule has 1 fully saturated rings. The fraction of sp³-hybridized carbons (Fsp3) is 0.438. The molecule has 1 aromatic heterocycles. The number of aromatic nitrogens is 2. The van der Waals surface area contributed by atoms with Gasteiger partial charge in [0.2, 0.25) is 10.0 Å². The van der Waals surface area contributed by atoms with Gasteiger partial charge in [0.1, 0.15) is 5.75 Å². The third kappa shape index (κ3) is 3.56. The average molecular weight is 335 g/mol. The van der Waals surface area contributed by atoms with E-state index in [-0.39, 0.29) is 0 Å². The number of benzene rings is 1. The second kappa shape index (κ2) is 6.72. The minimum absolute atomic E-state index is 0.325. The molecule has 2 aromatic rings. The van der Waals surface area contributed by atoms with E-state index in [9.17, 15) is 8.42 Å². The van der Waals surface area contributed by atoms with Gasteiger partial charge in [0.15, 0.2) is 0 Å². The van der Waals surface area contributed by atoms with Crippen molar-refractivity contribution in [2.24, 2.45) is 5.92 Å². The van der Waals surface area contributed by atoms with Crippen molar-refractivity contribution in [2.45, 2.75) is 24.3 Å². The minimum atomic E-state index is -3.41. The number of imidazole rings is 1. The Morgan fingerprint density at radius 1 is 1.22 bits per heavy atom. The summed E-state index contributed by atoms with van der Waals surface area (Å²) in [6, 6.07) is 6.56. The second-order valence-electron chi connectivity index (χ2n) is 5.78. The smallest absolute Gasteiger partial charge is 0.243 e. The number of sulfonamides is 1. The SMILES string of the molecule is COc1ccc(S(=O)(=O)N2CCC(Cn3ccnc3)CC2)cc1. The number of rotatable bonds is 5. The molecule has 124 valence electrons. The Balaban J connectivity index is 1.63. The maximum Gasteiger partial charge on any atom is 0.243 e. The van der Waals surface area contributed by atoms with Crippen LogP contribution in [0.1, 0.15) is 12.8 Å². The standard InChI is InChI=1S/C16H21N3O3S/c1-22-15-2-4-16(5-3-15)23(20,21)19-9-6-14(7-10-19)12-18-11-8-17-13-18/h2-5,8,11,13-14H,6-7,9-10,12H2,1H3. The molecule has 0 atom stereocenters. The molecule has 6 nitrogen and oxygen atoms in total. The summed E-state index contributed by atoms with van der Waals surface area (Å²) in [5.41, 5.74) is 0. The molecule has 1 aliphatic heterocycles. The summed E-state index contributed by atoms with van der Waals surface area (Å²) in [5.74, 6) is 1.15. The van der Waals surface area contributed by atoms with Crippen LogP contribution in [0.3, 0.4) is 0 Å². The zero-order chi connectivity index (χ0) is 16.3. The highest BCUT2D eigenvalue weighted by Crippen LogP contribution is 2.25. The first-order chi connectivity index (χ1) is 11.1. The molecule has 0 amide bonds. The molecule has 2 heterocycles. The number of hydrogen-bond donors (Lipinski definition) is 0. The lowest BCUT2D eigenvalue weighted by Crippen LogP contribution is -2.39. The summed E-state index contributed by atoms with van der Waals surface area (Å²) in [4.78, 5) is 4.37. The molecule has 0 bridgehead atoms. The number of ether oxygens (including phenoxy) is 1. The van der Waals surface area contributed by atoms with E-state index < -0.39 is 10.0 Å². The average Bonchev–Trinajstić information content (AvgIpc) is 3.08. The Morgan fingerprint density at radius 2 is 1.91 bits per heavy atom. The van der Waals surface area contributed by atoms with Crippen LogP contribution in [0, 0.1) is 5.92 Å². The summed E-state index contributed by atoms with van der Waals surface area (Å²) in [6.45, 7) is 2.03. The first kappa shape index (κ1) is 16.0. The Kier molecular flexibility index (Phi) is 4.68. The van der Waals surface area contributed by atoms with Crippen molar-refractivity contribution >= 4 is 10.0 Å². The molecule has 3 rings (SSSR count). The monoisotopic (exact) mass is 335 g/mol. The van der Waals surface area contributed by atoms with Crippen LogP contribution in [0.2, 0.25) is 0 Å². The topological polar surface area (TPSA) is 64.4 Å².